The summed E-state index contributed by atoms with van der Waals surface area (Å²) >= 11 is 0. The Balaban J connectivity index is 1.23. The molecule has 2 aromatic carbocycles. The number of fused-ring (bicyclic) bond motifs is 1. The SMILES string of the molecule is CC(=O)Oc1cccc(C23CCN(CC4CC4)CC2C(O)CC(NC(=O)CCCCCc2ccccc2)C3)c1. The van der Waals surface area contributed by atoms with Gasteiger partial charge in [-0.1, -0.05) is 48.9 Å². The van der Waals surface area contributed by atoms with Gasteiger partial charge >= 0.3 is 5.97 Å². The molecule has 0 radical (unpaired) electrons. The Hall–Kier alpha value is -2.70. The molecule has 6 nitrogen and oxygen atoms in total. The molecule has 2 aromatic rings. The van der Waals surface area contributed by atoms with Crippen molar-refractivity contribution in [2.45, 2.75) is 88.7 Å². The van der Waals surface area contributed by atoms with Gasteiger partial charge in [-0.15, -0.1) is 0 Å². The zero-order chi connectivity index (χ0) is 27.2. The lowest BCUT2D eigenvalue weighted by Crippen LogP contribution is -2.61. The van der Waals surface area contributed by atoms with Crippen LogP contribution in [0.4, 0.5) is 0 Å². The van der Waals surface area contributed by atoms with Gasteiger partial charge in [-0.05, 0) is 87.1 Å². The molecule has 3 aliphatic rings. The van der Waals surface area contributed by atoms with Crippen LogP contribution in [0.1, 0.15) is 75.8 Å². The first-order valence-corrected chi connectivity index (χ1v) is 14.9. The molecule has 1 aliphatic heterocycles. The Morgan fingerprint density at radius 2 is 1.90 bits per heavy atom. The number of carbonyl (C=O) groups excluding carboxylic acids is 2. The van der Waals surface area contributed by atoms with Gasteiger partial charge in [0.05, 0.1) is 6.10 Å². The van der Waals surface area contributed by atoms with Gasteiger partial charge in [-0.25, -0.2) is 0 Å². The Bertz CT molecular complexity index is 1120. The standard InChI is InChI=1S/C33H44N2O4/c1-24(36)39-29-13-8-12-27(19-29)33-17-18-35(22-26-15-16-26)23-30(33)31(37)20-28(21-33)34-32(38)14-7-3-6-11-25-9-4-2-5-10-25/h2,4-5,8-10,12-13,19,26,28,30-31,37H,3,6-7,11,14-18,20-23H2,1H3,(H,34,38). The van der Waals surface area contributed by atoms with E-state index < -0.39 is 6.10 Å². The van der Waals surface area contributed by atoms with Crippen LogP contribution in [0.5, 0.6) is 5.75 Å². The number of carbonyl (C=O) groups is 2. The fourth-order valence-electron chi connectivity index (χ4n) is 7.00. The van der Waals surface area contributed by atoms with Gasteiger partial charge in [0.25, 0.3) is 0 Å². The summed E-state index contributed by atoms with van der Waals surface area (Å²) < 4.78 is 5.43. The number of hydrogen-bond donors (Lipinski definition) is 2. The monoisotopic (exact) mass is 532 g/mol. The molecule has 2 aliphatic carbocycles. The lowest BCUT2D eigenvalue weighted by molar-refractivity contribution is -0.132. The van der Waals surface area contributed by atoms with Gasteiger partial charge < -0.3 is 20.1 Å². The number of amides is 1. The van der Waals surface area contributed by atoms with E-state index in [1.54, 1.807) is 0 Å². The number of ether oxygens (including phenoxy) is 1. The predicted octanol–water partition coefficient (Wildman–Crippen LogP) is 5.02. The van der Waals surface area contributed by atoms with Crippen molar-refractivity contribution in [2.75, 3.05) is 19.6 Å². The molecule has 1 amide bonds. The third kappa shape index (κ3) is 7.29. The van der Waals surface area contributed by atoms with Crippen molar-refractivity contribution >= 4 is 11.9 Å². The number of nitrogens with zero attached hydrogens (tertiary/aromatic N) is 1. The number of rotatable bonds is 11. The minimum atomic E-state index is -0.491. The molecule has 2 saturated carbocycles. The maximum atomic E-state index is 12.9. The molecule has 4 unspecified atom stereocenters. The maximum absolute atomic E-state index is 12.9. The Kier molecular flexibility index (Phi) is 9.03. The molecule has 2 N–H and O–H groups in total. The van der Waals surface area contributed by atoms with Crippen LogP contribution in [0.2, 0.25) is 0 Å². The number of benzene rings is 2. The highest BCUT2D eigenvalue weighted by atomic mass is 16.5. The van der Waals surface area contributed by atoms with Crippen LogP contribution in [0.3, 0.4) is 0 Å². The molecule has 0 spiro atoms. The predicted molar refractivity (Wildman–Crippen MR) is 152 cm³/mol. The average Bonchev–Trinajstić information content (AvgIpc) is 3.73. The molecule has 0 aromatic heterocycles. The van der Waals surface area contributed by atoms with Crippen molar-refractivity contribution in [2.24, 2.45) is 11.8 Å². The quantitative estimate of drug-likeness (QED) is 0.241. The minimum Gasteiger partial charge on any atom is -0.427 e. The highest BCUT2D eigenvalue weighted by Crippen LogP contribution is 2.50. The third-order valence-electron chi connectivity index (χ3n) is 9.10. The van der Waals surface area contributed by atoms with E-state index in [0.717, 1.165) is 69.6 Å². The van der Waals surface area contributed by atoms with Gasteiger partial charge in [-0.3, -0.25) is 9.59 Å². The summed E-state index contributed by atoms with van der Waals surface area (Å²) in [5.41, 5.74) is 2.19. The smallest absolute Gasteiger partial charge is 0.308 e. The summed E-state index contributed by atoms with van der Waals surface area (Å²) in [6, 6.07) is 18.3. The fourth-order valence-corrected chi connectivity index (χ4v) is 7.00. The maximum Gasteiger partial charge on any atom is 0.308 e. The van der Waals surface area contributed by atoms with Crippen LogP contribution >= 0.6 is 0 Å². The number of unbranched alkanes of at least 4 members (excludes halogenated alkanes) is 2. The van der Waals surface area contributed by atoms with Crippen molar-refractivity contribution < 1.29 is 19.4 Å². The number of piperidine rings is 1. The highest BCUT2D eigenvalue weighted by Gasteiger charge is 2.52. The van der Waals surface area contributed by atoms with Gasteiger partial charge in [-0.2, -0.15) is 0 Å². The number of aliphatic hydroxyl groups is 1. The number of hydrogen-bond acceptors (Lipinski definition) is 5. The summed E-state index contributed by atoms with van der Waals surface area (Å²) in [6.45, 7) is 4.40. The largest absolute Gasteiger partial charge is 0.427 e. The van der Waals surface area contributed by atoms with Crippen molar-refractivity contribution in [3.63, 3.8) is 0 Å². The summed E-state index contributed by atoms with van der Waals surface area (Å²) in [6.07, 6.45) is 9.03. The molecule has 39 heavy (non-hydrogen) atoms. The first-order valence-electron chi connectivity index (χ1n) is 14.9. The van der Waals surface area contributed by atoms with Gasteiger partial charge in [0.2, 0.25) is 5.91 Å². The third-order valence-corrected chi connectivity index (χ3v) is 9.10. The lowest BCUT2D eigenvalue weighted by atomic mass is 9.57. The minimum absolute atomic E-state index is 0.0690. The number of aliphatic hydroxyl groups excluding tert-OH is 1. The second-order valence-corrected chi connectivity index (χ2v) is 12.2. The molecule has 0 bridgehead atoms. The number of likely N-dealkylation sites (tertiary alicyclic amines) is 1. The second kappa shape index (κ2) is 12.6. The Morgan fingerprint density at radius 3 is 2.67 bits per heavy atom. The molecule has 5 rings (SSSR count). The number of esters is 1. The molecule has 4 atom stereocenters. The zero-order valence-corrected chi connectivity index (χ0v) is 23.3. The summed E-state index contributed by atoms with van der Waals surface area (Å²) in [5.74, 6) is 1.19. The van der Waals surface area contributed by atoms with Crippen molar-refractivity contribution in [3.8, 4) is 5.75 Å². The van der Waals surface area contributed by atoms with Gasteiger partial charge in [0, 0.05) is 43.8 Å². The summed E-state index contributed by atoms with van der Waals surface area (Å²) in [4.78, 5) is 27.1. The van der Waals surface area contributed by atoms with Crippen molar-refractivity contribution in [1.29, 1.82) is 0 Å². The van der Waals surface area contributed by atoms with E-state index in [1.807, 2.05) is 24.3 Å². The molecular weight excluding hydrogens is 488 g/mol. The zero-order valence-electron chi connectivity index (χ0n) is 23.3. The molecule has 6 heteroatoms. The molecule has 1 saturated heterocycles. The lowest BCUT2D eigenvalue weighted by Gasteiger charge is -2.55. The number of aryl methyl sites for hydroxylation is 1. The normalized spacial score (nSPS) is 27.0. The van der Waals surface area contributed by atoms with Crippen LogP contribution in [0.15, 0.2) is 54.6 Å². The molecule has 3 fully saturated rings. The van der Waals surface area contributed by atoms with E-state index in [2.05, 4.69) is 40.5 Å². The first-order chi connectivity index (χ1) is 18.9. The molecule has 1 heterocycles. The van der Waals surface area contributed by atoms with Crippen LogP contribution in [-0.4, -0.2) is 53.7 Å². The van der Waals surface area contributed by atoms with Gasteiger partial charge in [0.15, 0.2) is 0 Å². The Morgan fingerprint density at radius 1 is 1.08 bits per heavy atom. The van der Waals surface area contributed by atoms with Crippen LogP contribution in [0.25, 0.3) is 0 Å². The first kappa shape index (κ1) is 27.9. The molecule has 210 valence electrons. The van der Waals surface area contributed by atoms with Gasteiger partial charge in [0.1, 0.15) is 5.75 Å². The topological polar surface area (TPSA) is 78.9 Å². The van der Waals surface area contributed by atoms with Crippen LogP contribution < -0.4 is 10.1 Å². The van der Waals surface area contributed by atoms with E-state index in [4.69, 9.17) is 4.74 Å². The van der Waals surface area contributed by atoms with E-state index in [-0.39, 0.29) is 29.3 Å². The average molecular weight is 533 g/mol. The van der Waals surface area contributed by atoms with Crippen LogP contribution in [0, 0.1) is 11.8 Å². The second-order valence-electron chi connectivity index (χ2n) is 12.2. The van der Waals surface area contributed by atoms with E-state index in [0.29, 0.717) is 18.6 Å². The van der Waals surface area contributed by atoms with E-state index in [1.165, 1.54) is 25.3 Å². The van der Waals surface area contributed by atoms with Crippen LogP contribution in [-0.2, 0) is 21.4 Å². The number of nitrogens with one attached hydrogen (secondary N) is 1. The highest BCUT2D eigenvalue weighted by molar-refractivity contribution is 5.76. The fraction of sp³-hybridized carbons (Fsp3) is 0.576. The molecular formula is C33H44N2O4. The Labute approximate surface area is 233 Å². The van der Waals surface area contributed by atoms with E-state index >= 15 is 0 Å². The summed E-state index contributed by atoms with van der Waals surface area (Å²) in [5, 5.41) is 14.8. The van der Waals surface area contributed by atoms with Crippen molar-refractivity contribution in [1.82, 2.24) is 10.2 Å². The van der Waals surface area contributed by atoms with Crippen molar-refractivity contribution in [3.05, 3.63) is 65.7 Å². The summed E-state index contributed by atoms with van der Waals surface area (Å²) in [7, 11) is 0. The van der Waals surface area contributed by atoms with E-state index in [9.17, 15) is 14.7 Å².